The molecule has 1 atom stereocenters. The summed E-state index contributed by atoms with van der Waals surface area (Å²) in [5, 5.41) is 14.2. The molecular formula is C14H21N3O3. The van der Waals surface area contributed by atoms with Crippen molar-refractivity contribution in [2.45, 2.75) is 45.6 Å². The highest BCUT2D eigenvalue weighted by atomic mass is 16.4. The van der Waals surface area contributed by atoms with Crippen LogP contribution in [0.4, 0.5) is 10.5 Å². The summed E-state index contributed by atoms with van der Waals surface area (Å²) < 4.78 is 0. The number of nitrogens with one attached hydrogen (secondary N) is 2. The number of aromatic nitrogens is 1. The molecule has 0 aromatic carbocycles. The molecule has 0 bridgehead atoms. The van der Waals surface area contributed by atoms with Gasteiger partial charge in [0.25, 0.3) is 0 Å². The normalized spacial score (nSPS) is 11.7. The summed E-state index contributed by atoms with van der Waals surface area (Å²) in [4.78, 5) is 26.1. The Balaban J connectivity index is 2.39. The number of rotatable bonds is 7. The van der Waals surface area contributed by atoms with E-state index in [4.69, 9.17) is 5.11 Å². The first-order valence-electron chi connectivity index (χ1n) is 6.79. The van der Waals surface area contributed by atoms with Gasteiger partial charge in [-0.1, -0.05) is 26.2 Å². The average molecular weight is 279 g/mol. The fourth-order valence-corrected chi connectivity index (χ4v) is 1.76. The monoisotopic (exact) mass is 279 g/mol. The van der Waals surface area contributed by atoms with Crippen molar-refractivity contribution in [3.05, 3.63) is 24.0 Å². The molecule has 1 aromatic heterocycles. The van der Waals surface area contributed by atoms with Crippen LogP contribution in [0.1, 0.15) is 50.0 Å². The lowest BCUT2D eigenvalue weighted by molar-refractivity contribution is 0.0690. The van der Waals surface area contributed by atoms with E-state index in [1.807, 2.05) is 6.92 Å². The van der Waals surface area contributed by atoms with Gasteiger partial charge in [0.15, 0.2) is 0 Å². The fourth-order valence-electron chi connectivity index (χ4n) is 1.76. The summed E-state index contributed by atoms with van der Waals surface area (Å²) in [5.74, 6) is -1.09. The van der Waals surface area contributed by atoms with Crippen molar-refractivity contribution >= 4 is 17.7 Å². The van der Waals surface area contributed by atoms with Gasteiger partial charge in [0.1, 0.15) is 5.69 Å². The minimum atomic E-state index is -1.09. The van der Waals surface area contributed by atoms with Crippen LogP contribution >= 0.6 is 0 Å². The summed E-state index contributed by atoms with van der Waals surface area (Å²) in [6.45, 7) is 4.10. The van der Waals surface area contributed by atoms with Crippen LogP contribution in [0.15, 0.2) is 18.3 Å². The predicted octanol–water partition coefficient (Wildman–Crippen LogP) is 2.87. The van der Waals surface area contributed by atoms with Gasteiger partial charge in [-0.05, 0) is 25.5 Å². The van der Waals surface area contributed by atoms with Crippen molar-refractivity contribution in [1.29, 1.82) is 0 Å². The summed E-state index contributed by atoms with van der Waals surface area (Å²) in [6, 6.07) is 2.66. The number of nitrogens with zero attached hydrogens (tertiary/aromatic N) is 1. The summed E-state index contributed by atoms with van der Waals surface area (Å²) >= 11 is 0. The third kappa shape index (κ3) is 5.69. The number of urea groups is 1. The van der Waals surface area contributed by atoms with Crippen LogP contribution in [0.2, 0.25) is 0 Å². The largest absolute Gasteiger partial charge is 0.477 e. The van der Waals surface area contributed by atoms with E-state index in [1.54, 1.807) is 0 Å². The van der Waals surface area contributed by atoms with Gasteiger partial charge in [-0.25, -0.2) is 14.6 Å². The number of unbranched alkanes of at least 4 members (excludes halogenated alkanes) is 2. The minimum Gasteiger partial charge on any atom is -0.477 e. The number of hydrogen-bond acceptors (Lipinski definition) is 3. The maximum absolute atomic E-state index is 11.7. The standard InChI is InChI=1S/C14H21N3O3/c1-3-4-5-6-10(2)16-14(20)17-11-7-8-12(13(18)19)15-9-11/h7-10H,3-6H2,1-2H3,(H,18,19)(H2,16,17,20). The van der Waals surface area contributed by atoms with Gasteiger partial charge in [0.05, 0.1) is 11.9 Å². The molecule has 1 rings (SSSR count). The lowest BCUT2D eigenvalue weighted by Crippen LogP contribution is -2.36. The second kappa shape index (κ2) is 8.14. The zero-order chi connectivity index (χ0) is 15.0. The van der Waals surface area contributed by atoms with E-state index in [9.17, 15) is 9.59 Å². The molecule has 0 aliphatic carbocycles. The first-order valence-corrected chi connectivity index (χ1v) is 6.79. The van der Waals surface area contributed by atoms with E-state index in [0.29, 0.717) is 5.69 Å². The molecule has 1 unspecified atom stereocenters. The number of aromatic carboxylic acids is 1. The predicted molar refractivity (Wildman–Crippen MR) is 77.0 cm³/mol. The van der Waals surface area contributed by atoms with Crippen LogP contribution in [-0.2, 0) is 0 Å². The number of amides is 2. The van der Waals surface area contributed by atoms with Gasteiger partial charge in [-0.3, -0.25) is 0 Å². The molecule has 0 saturated heterocycles. The Kier molecular flexibility index (Phi) is 6.49. The Hall–Kier alpha value is -2.11. The molecule has 1 heterocycles. The molecule has 110 valence electrons. The molecule has 0 radical (unpaired) electrons. The van der Waals surface area contributed by atoms with Gasteiger partial charge in [0.2, 0.25) is 0 Å². The van der Waals surface area contributed by atoms with Gasteiger partial charge in [-0.15, -0.1) is 0 Å². The Morgan fingerprint density at radius 2 is 2.10 bits per heavy atom. The Bertz CT molecular complexity index is 445. The first-order chi connectivity index (χ1) is 9.52. The molecule has 0 aliphatic rings. The van der Waals surface area contributed by atoms with E-state index in [2.05, 4.69) is 22.5 Å². The summed E-state index contributed by atoms with van der Waals surface area (Å²) in [7, 11) is 0. The maximum Gasteiger partial charge on any atom is 0.354 e. The molecular weight excluding hydrogens is 258 g/mol. The second-order valence-electron chi connectivity index (χ2n) is 4.73. The Morgan fingerprint density at radius 1 is 1.35 bits per heavy atom. The maximum atomic E-state index is 11.7. The van der Waals surface area contributed by atoms with E-state index in [1.165, 1.54) is 18.3 Å². The Morgan fingerprint density at radius 3 is 2.65 bits per heavy atom. The lowest BCUT2D eigenvalue weighted by atomic mass is 10.1. The quantitative estimate of drug-likeness (QED) is 0.669. The Labute approximate surface area is 118 Å². The summed E-state index contributed by atoms with van der Waals surface area (Å²) in [5.41, 5.74) is 0.414. The molecule has 6 nitrogen and oxygen atoms in total. The summed E-state index contributed by atoms with van der Waals surface area (Å²) in [6.07, 6.45) is 5.67. The fraction of sp³-hybridized carbons (Fsp3) is 0.500. The number of hydrogen-bond donors (Lipinski definition) is 3. The molecule has 0 saturated carbocycles. The zero-order valence-corrected chi connectivity index (χ0v) is 11.8. The van der Waals surface area contributed by atoms with Crippen LogP contribution in [0.5, 0.6) is 0 Å². The van der Waals surface area contributed by atoms with E-state index in [-0.39, 0.29) is 17.8 Å². The highest BCUT2D eigenvalue weighted by Crippen LogP contribution is 2.07. The van der Waals surface area contributed by atoms with Crippen molar-refractivity contribution in [3.63, 3.8) is 0 Å². The molecule has 6 heteroatoms. The van der Waals surface area contributed by atoms with Gasteiger partial charge in [-0.2, -0.15) is 0 Å². The third-order valence-corrected chi connectivity index (χ3v) is 2.86. The molecule has 1 aromatic rings. The van der Waals surface area contributed by atoms with Crippen molar-refractivity contribution in [2.75, 3.05) is 5.32 Å². The van der Waals surface area contributed by atoms with E-state index < -0.39 is 5.97 Å². The lowest BCUT2D eigenvalue weighted by Gasteiger charge is -2.14. The molecule has 0 spiro atoms. The molecule has 2 amide bonds. The SMILES string of the molecule is CCCCCC(C)NC(=O)Nc1ccc(C(=O)O)nc1. The number of carboxylic acids is 1. The van der Waals surface area contributed by atoms with Crippen LogP contribution in [0.3, 0.4) is 0 Å². The van der Waals surface area contributed by atoms with Gasteiger partial charge < -0.3 is 15.7 Å². The highest BCUT2D eigenvalue weighted by molar-refractivity contribution is 5.90. The highest BCUT2D eigenvalue weighted by Gasteiger charge is 2.08. The molecule has 3 N–H and O–H groups in total. The zero-order valence-electron chi connectivity index (χ0n) is 11.8. The van der Waals surface area contributed by atoms with Crippen molar-refractivity contribution in [1.82, 2.24) is 10.3 Å². The van der Waals surface area contributed by atoms with Crippen LogP contribution in [0.25, 0.3) is 0 Å². The van der Waals surface area contributed by atoms with Crippen LogP contribution in [0, 0.1) is 0 Å². The number of anilines is 1. The third-order valence-electron chi connectivity index (χ3n) is 2.86. The van der Waals surface area contributed by atoms with Crippen molar-refractivity contribution < 1.29 is 14.7 Å². The number of carbonyl (C=O) groups is 2. The molecule has 0 aliphatic heterocycles. The topological polar surface area (TPSA) is 91.3 Å². The smallest absolute Gasteiger partial charge is 0.354 e. The first kappa shape index (κ1) is 15.9. The van der Waals surface area contributed by atoms with E-state index in [0.717, 1.165) is 25.7 Å². The van der Waals surface area contributed by atoms with Crippen LogP contribution < -0.4 is 10.6 Å². The number of carbonyl (C=O) groups excluding carboxylic acids is 1. The molecule has 0 fully saturated rings. The van der Waals surface area contributed by atoms with Gasteiger partial charge in [0, 0.05) is 6.04 Å². The number of carboxylic acid groups (broad SMARTS) is 1. The van der Waals surface area contributed by atoms with Crippen LogP contribution in [-0.4, -0.2) is 28.1 Å². The van der Waals surface area contributed by atoms with Gasteiger partial charge >= 0.3 is 12.0 Å². The van der Waals surface area contributed by atoms with E-state index >= 15 is 0 Å². The van der Waals surface area contributed by atoms with Crippen molar-refractivity contribution in [3.8, 4) is 0 Å². The molecule has 20 heavy (non-hydrogen) atoms. The average Bonchev–Trinajstić information content (AvgIpc) is 2.39. The second-order valence-corrected chi connectivity index (χ2v) is 4.73. The number of pyridine rings is 1. The van der Waals surface area contributed by atoms with Crippen molar-refractivity contribution in [2.24, 2.45) is 0 Å². The minimum absolute atomic E-state index is 0.0520.